The SMILES string of the molecule is CCCCn1c(CC(=O)NCc2ccc(C(C)C)cc2)csc1=NC1CCCCC1. The Morgan fingerprint density at radius 3 is 2.60 bits per heavy atom. The number of unbranched alkanes of at least 4 members (excludes halogenated alkanes) is 1. The highest BCUT2D eigenvalue weighted by atomic mass is 32.1. The lowest BCUT2D eigenvalue weighted by molar-refractivity contribution is -0.120. The first-order valence-electron chi connectivity index (χ1n) is 11.6. The number of carbonyl (C=O) groups excluding carboxylic acids is 1. The smallest absolute Gasteiger partial charge is 0.226 e. The van der Waals surface area contributed by atoms with Gasteiger partial charge < -0.3 is 9.88 Å². The molecule has 0 aliphatic heterocycles. The first kappa shape index (κ1) is 22.8. The molecule has 164 valence electrons. The summed E-state index contributed by atoms with van der Waals surface area (Å²) in [5.74, 6) is 0.606. The lowest BCUT2D eigenvalue weighted by Gasteiger charge is -2.17. The van der Waals surface area contributed by atoms with Crippen molar-refractivity contribution in [2.45, 2.75) is 97.2 Å². The van der Waals surface area contributed by atoms with Gasteiger partial charge in [-0.2, -0.15) is 0 Å². The van der Waals surface area contributed by atoms with E-state index < -0.39 is 0 Å². The molecule has 5 heteroatoms. The van der Waals surface area contributed by atoms with Crippen molar-refractivity contribution >= 4 is 17.2 Å². The summed E-state index contributed by atoms with van der Waals surface area (Å²) in [7, 11) is 0. The van der Waals surface area contributed by atoms with E-state index in [1.807, 2.05) is 0 Å². The molecule has 4 nitrogen and oxygen atoms in total. The standard InChI is InChI=1S/C25H37N3OS/c1-4-5-15-28-23(18-30-25(28)27-22-9-7-6-8-10-22)16-24(29)26-17-20-11-13-21(14-12-20)19(2)3/h11-14,18-19,22H,4-10,15-17H2,1-3H3,(H,26,29). The summed E-state index contributed by atoms with van der Waals surface area (Å²) in [5, 5.41) is 5.23. The number of hydrogen-bond donors (Lipinski definition) is 1. The van der Waals surface area contributed by atoms with Crippen LogP contribution in [0.3, 0.4) is 0 Å². The normalized spacial score (nSPS) is 15.7. The van der Waals surface area contributed by atoms with E-state index in [0.29, 0.717) is 24.9 Å². The van der Waals surface area contributed by atoms with Crippen LogP contribution in [0.1, 0.15) is 88.5 Å². The molecule has 1 aromatic heterocycles. The summed E-state index contributed by atoms with van der Waals surface area (Å²) >= 11 is 1.70. The van der Waals surface area contributed by atoms with Gasteiger partial charge in [-0.1, -0.05) is 70.7 Å². The third-order valence-electron chi connectivity index (χ3n) is 5.96. The number of hydrogen-bond acceptors (Lipinski definition) is 3. The van der Waals surface area contributed by atoms with E-state index in [1.54, 1.807) is 11.3 Å². The van der Waals surface area contributed by atoms with E-state index in [1.165, 1.54) is 37.7 Å². The van der Waals surface area contributed by atoms with Gasteiger partial charge in [0.25, 0.3) is 0 Å². The molecule has 0 radical (unpaired) electrons. The molecule has 2 aromatic rings. The van der Waals surface area contributed by atoms with Crippen molar-refractivity contribution < 1.29 is 4.79 Å². The Morgan fingerprint density at radius 1 is 1.20 bits per heavy atom. The molecule has 1 aliphatic rings. The van der Waals surface area contributed by atoms with Gasteiger partial charge in [-0.05, 0) is 36.3 Å². The molecular formula is C25H37N3OS. The van der Waals surface area contributed by atoms with Gasteiger partial charge in [-0.25, -0.2) is 0 Å². The number of thiazole rings is 1. The number of carbonyl (C=O) groups is 1. The molecule has 1 amide bonds. The Hall–Kier alpha value is -1.88. The van der Waals surface area contributed by atoms with Gasteiger partial charge in [-0.3, -0.25) is 9.79 Å². The molecule has 0 atom stereocenters. The Balaban J connectivity index is 1.64. The van der Waals surface area contributed by atoms with E-state index in [2.05, 4.69) is 60.3 Å². The molecule has 30 heavy (non-hydrogen) atoms. The van der Waals surface area contributed by atoms with Crippen LogP contribution in [0.15, 0.2) is 34.6 Å². The van der Waals surface area contributed by atoms with Crippen molar-refractivity contribution in [2.75, 3.05) is 0 Å². The van der Waals surface area contributed by atoms with E-state index in [4.69, 9.17) is 4.99 Å². The van der Waals surface area contributed by atoms with Crippen LogP contribution in [0, 0.1) is 0 Å². The van der Waals surface area contributed by atoms with Gasteiger partial charge in [0.05, 0.1) is 12.5 Å². The third-order valence-corrected chi connectivity index (χ3v) is 6.89. The number of benzene rings is 1. The highest BCUT2D eigenvalue weighted by molar-refractivity contribution is 7.07. The summed E-state index contributed by atoms with van der Waals surface area (Å²) in [5.41, 5.74) is 3.56. The van der Waals surface area contributed by atoms with E-state index >= 15 is 0 Å². The Labute approximate surface area is 185 Å². The number of aromatic nitrogens is 1. The van der Waals surface area contributed by atoms with Crippen LogP contribution in [0.4, 0.5) is 0 Å². The minimum absolute atomic E-state index is 0.0789. The fraction of sp³-hybridized carbons (Fsp3) is 0.600. The number of nitrogens with zero attached hydrogens (tertiary/aromatic N) is 2. The fourth-order valence-electron chi connectivity index (χ4n) is 3.98. The second-order valence-electron chi connectivity index (χ2n) is 8.79. The average molecular weight is 428 g/mol. The van der Waals surface area contributed by atoms with Crippen LogP contribution >= 0.6 is 11.3 Å². The summed E-state index contributed by atoms with van der Waals surface area (Å²) in [4.78, 5) is 18.8. The summed E-state index contributed by atoms with van der Waals surface area (Å²) in [6, 6.07) is 9.00. The third kappa shape index (κ3) is 6.56. The zero-order valence-corrected chi connectivity index (χ0v) is 19.6. The molecule has 0 spiro atoms. The molecule has 1 aromatic carbocycles. The molecule has 1 heterocycles. The average Bonchev–Trinajstić information content (AvgIpc) is 3.12. The molecule has 1 aliphatic carbocycles. The fourth-order valence-corrected chi connectivity index (χ4v) is 4.98. The lowest BCUT2D eigenvalue weighted by Crippen LogP contribution is -2.28. The quantitative estimate of drug-likeness (QED) is 0.559. The zero-order valence-electron chi connectivity index (χ0n) is 18.8. The summed E-state index contributed by atoms with van der Waals surface area (Å²) < 4.78 is 2.29. The first-order valence-corrected chi connectivity index (χ1v) is 12.5. The van der Waals surface area contributed by atoms with E-state index in [0.717, 1.165) is 35.4 Å². The van der Waals surface area contributed by atoms with Crippen molar-refractivity contribution in [2.24, 2.45) is 4.99 Å². The predicted octanol–water partition coefficient (Wildman–Crippen LogP) is 5.57. The molecular weight excluding hydrogens is 390 g/mol. The van der Waals surface area contributed by atoms with Crippen LogP contribution in [-0.2, 0) is 24.3 Å². The van der Waals surface area contributed by atoms with Crippen LogP contribution in [0.2, 0.25) is 0 Å². The Morgan fingerprint density at radius 2 is 1.93 bits per heavy atom. The van der Waals surface area contributed by atoms with Crippen molar-refractivity contribution in [1.29, 1.82) is 0 Å². The number of nitrogens with one attached hydrogen (secondary N) is 1. The minimum Gasteiger partial charge on any atom is -0.352 e. The molecule has 1 saturated carbocycles. The number of rotatable bonds is 9. The number of amides is 1. The maximum atomic E-state index is 12.6. The van der Waals surface area contributed by atoms with Crippen LogP contribution in [0.25, 0.3) is 0 Å². The van der Waals surface area contributed by atoms with Crippen LogP contribution in [-0.4, -0.2) is 16.5 Å². The first-order chi connectivity index (χ1) is 14.6. The highest BCUT2D eigenvalue weighted by Crippen LogP contribution is 2.20. The van der Waals surface area contributed by atoms with E-state index in [-0.39, 0.29) is 5.91 Å². The molecule has 1 fully saturated rings. The summed E-state index contributed by atoms with van der Waals surface area (Å²) in [6.07, 6.45) is 9.02. The van der Waals surface area contributed by atoms with Crippen LogP contribution in [0.5, 0.6) is 0 Å². The molecule has 0 bridgehead atoms. The van der Waals surface area contributed by atoms with Gasteiger partial charge >= 0.3 is 0 Å². The zero-order chi connectivity index (χ0) is 21.3. The van der Waals surface area contributed by atoms with Crippen molar-refractivity contribution in [1.82, 2.24) is 9.88 Å². The van der Waals surface area contributed by atoms with Gasteiger partial charge in [0.1, 0.15) is 0 Å². The second-order valence-corrected chi connectivity index (χ2v) is 9.62. The van der Waals surface area contributed by atoms with Gasteiger partial charge in [0.2, 0.25) is 5.91 Å². The molecule has 0 unspecified atom stereocenters. The van der Waals surface area contributed by atoms with E-state index in [9.17, 15) is 4.79 Å². The van der Waals surface area contributed by atoms with Gasteiger partial charge in [0.15, 0.2) is 4.80 Å². The summed E-state index contributed by atoms with van der Waals surface area (Å²) in [6.45, 7) is 8.13. The van der Waals surface area contributed by atoms with Crippen molar-refractivity contribution in [3.05, 3.63) is 51.3 Å². The molecule has 3 rings (SSSR count). The topological polar surface area (TPSA) is 46.4 Å². The van der Waals surface area contributed by atoms with Gasteiger partial charge in [-0.15, -0.1) is 11.3 Å². The van der Waals surface area contributed by atoms with Crippen LogP contribution < -0.4 is 10.1 Å². The Kier molecular flexibility index (Phi) is 8.74. The predicted molar refractivity (Wildman–Crippen MR) is 126 cm³/mol. The monoisotopic (exact) mass is 427 g/mol. The maximum absolute atomic E-state index is 12.6. The second kappa shape index (κ2) is 11.5. The molecule has 1 N–H and O–H groups in total. The lowest BCUT2D eigenvalue weighted by atomic mass is 9.96. The molecule has 0 saturated heterocycles. The largest absolute Gasteiger partial charge is 0.352 e. The minimum atomic E-state index is 0.0789. The van der Waals surface area contributed by atoms with Crippen molar-refractivity contribution in [3.8, 4) is 0 Å². The maximum Gasteiger partial charge on any atom is 0.226 e. The van der Waals surface area contributed by atoms with Crippen molar-refractivity contribution in [3.63, 3.8) is 0 Å². The highest BCUT2D eigenvalue weighted by Gasteiger charge is 2.14. The van der Waals surface area contributed by atoms with Gasteiger partial charge in [0, 0.05) is 24.2 Å². The Bertz CT molecular complexity index is 857.